The number of hydrogen-bond acceptors (Lipinski definition) is 1. The lowest BCUT2D eigenvalue weighted by Gasteiger charge is -2.29. The molecule has 0 radical (unpaired) electrons. The van der Waals surface area contributed by atoms with Gasteiger partial charge in [-0.1, -0.05) is 105 Å². The SMILES string of the molecule is CCc1cccc(P(c2ccccc2)c2ccccc2)c1NC1CCCCC1. The third kappa shape index (κ3) is 4.31. The Hall–Kier alpha value is -2.11. The molecule has 1 fully saturated rings. The third-order valence-electron chi connectivity index (χ3n) is 5.73. The van der Waals surface area contributed by atoms with Crippen LogP contribution in [-0.2, 0) is 6.42 Å². The van der Waals surface area contributed by atoms with Crippen LogP contribution in [-0.4, -0.2) is 6.04 Å². The zero-order chi connectivity index (χ0) is 19.2. The van der Waals surface area contributed by atoms with Crippen molar-refractivity contribution in [3.63, 3.8) is 0 Å². The summed E-state index contributed by atoms with van der Waals surface area (Å²) in [5.41, 5.74) is 2.85. The van der Waals surface area contributed by atoms with Crippen molar-refractivity contribution in [3.05, 3.63) is 84.4 Å². The quantitative estimate of drug-likeness (QED) is 0.531. The minimum atomic E-state index is -0.578. The third-order valence-corrected chi connectivity index (χ3v) is 8.22. The number of aryl methyl sites for hydroxylation is 1. The average Bonchev–Trinajstić information content (AvgIpc) is 2.77. The summed E-state index contributed by atoms with van der Waals surface area (Å²) in [7, 11) is -0.578. The van der Waals surface area contributed by atoms with Crippen molar-refractivity contribution < 1.29 is 0 Å². The summed E-state index contributed by atoms with van der Waals surface area (Å²) < 4.78 is 0. The normalized spacial score (nSPS) is 14.9. The van der Waals surface area contributed by atoms with Crippen molar-refractivity contribution in [2.24, 2.45) is 0 Å². The molecule has 3 aromatic carbocycles. The molecule has 1 N–H and O–H groups in total. The molecule has 3 aromatic rings. The van der Waals surface area contributed by atoms with E-state index in [0.29, 0.717) is 6.04 Å². The summed E-state index contributed by atoms with van der Waals surface area (Å²) in [6.07, 6.45) is 7.76. The van der Waals surface area contributed by atoms with Crippen LogP contribution >= 0.6 is 7.92 Å². The maximum absolute atomic E-state index is 4.01. The molecule has 0 aromatic heterocycles. The Labute approximate surface area is 171 Å². The number of benzene rings is 3. The van der Waals surface area contributed by atoms with Gasteiger partial charge in [0.05, 0.1) is 0 Å². The van der Waals surface area contributed by atoms with Gasteiger partial charge < -0.3 is 5.32 Å². The van der Waals surface area contributed by atoms with Crippen LogP contribution in [0.4, 0.5) is 5.69 Å². The van der Waals surface area contributed by atoms with E-state index >= 15 is 0 Å². The lowest BCUT2D eigenvalue weighted by Crippen LogP contribution is -2.29. The van der Waals surface area contributed by atoms with Crippen LogP contribution in [0.15, 0.2) is 78.9 Å². The maximum Gasteiger partial charge on any atom is 0.0459 e. The van der Waals surface area contributed by atoms with Gasteiger partial charge in [-0.05, 0) is 43.4 Å². The van der Waals surface area contributed by atoms with E-state index in [1.54, 1.807) is 0 Å². The lowest BCUT2D eigenvalue weighted by molar-refractivity contribution is 0.462. The van der Waals surface area contributed by atoms with E-state index in [1.807, 2.05) is 0 Å². The Balaban J connectivity index is 1.81. The summed E-state index contributed by atoms with van der Waals surface area (Å²) >= 11 is 0. The first-order valence-corrected chi connectivity index (χ1v) is 12.0. The lowest BCUT2D eigenvalue weighted by atomic mass is 9.95. The second-order valence-electron chi connectivity index (χ2n) is 7.65. The predicted molar refractivity (Wildman–Crippen MR) is 125 cm³/mol. The molecule has 0 unspecified atom stereocenters. The average molecular weight is 388 g/mol. The summed E-state index contributed by atoms with van der Waals surface area (Å²) in [5.74, 6) is 0. The van der Waals surface area contributed by atoms with Gasteiger partial charge in [-0.3, -0.25) is 0 Å². The van der Waals surface area contributed by atoms with Crippen molar-refractivity contribution in [2.45, 2.75) is 51.5 Å². The Bertz CT molecular complexity index is 830. The number of para-hydroxylation sites is 1. The van der Waals surface area contributed by atoms with Gasteiger partial charge in [-0.25, -0.2) is 0 Å². The number of anilines is 1. The Kier molecular flexibility index (Phi) is 6.45. The Morgan fingerprint density at radius 2 is 1.36 bits per heavy atom. The molecule has 0 amide bonds. The van der Waals surface area contributed by atoms with Gasteiger partial charge in [0.1, 0.15) is 0 Å². The fourth-order valence-corrected chi connectivity index (χ4v) is 6.73. The second-order valence-corrected chi connectivity index (χ2v) is 9.84. The highest BCUT2D eigenvalue weighted by atomic mass is 31.1. The van der Waals surface area contributed by atoms with E-state index in [-0.39, 0.29) is 0 Å². The first-order valence-electron chi connectivity index (χ1n) is 10.7. The minimum Gasteiger partial charge on any atom is -0.382 e. The summed E-state index contributed by atoms with van der Waals surface area (Å²) in [4.78, 5) is 0. The highest BCUT2D eigenvalue weighted by Gasteiger charge is 2.23. The van der Waals surface area contributed by atoms with Gasteiger partial charge in [0.2, 0.25) is 0 Å². The van der Waals surface area contributed by atoms with Crippen LogP contribution in [0.1, 0.15) is 44.6 Å². The van der Waals surface area contributed by atoms with Crippen molar-refractivity contribution in [3.8, 4) is 0 Å². The van der Waals surface area contributed by atoms with Gasteiger partial charge in [0.15, 0.2) is 0 Å². The molecule has 0 saturated heterocycles. The van der Waals surface area contributed by atoms with Crippen LogP contribution in [0.3, 0.4) is 0 Å². The molecule has 4 rings (SSSR count). The number of nitrogens with one attached hydrogen (secondary N) is 1. The smallest absolute Gasteiger partial charge is 0.0459 e. The molecule has 0 spiro atoms. The fourth-order valence-electron chi connectivity index (χ4n) is 4.27. The van der Waals surface area contributed by atoms with Crippen molar-refractivity contribution in [1.29, 1.82) is 0 Å². The van der Waals surface area contributed by atoms with Crippen LogP contribution in [0.5, 0.6) is 0 Å². The number of rotatable bonds is 6. The van der Waals surface area contributed by atoms with Crippen LogP contribution in [0.2, 0.25) is 0 Å². The molecule has 0 aliphatic heterocycles. The molecular weight excluding hydrogens is 357 g/mol. The van der Waals surface area contributed by atoms with Gasteiger partial charge in [0.25, 0.3) is 0 Å². The molecule has 0 atom stereocenters. The zero-order valence-corrected chi connectivity index (χ0v) is 17.7. The highest BCUT2D eigenvalue weighted by Crippen LogP contribution is 2.37. The van der Waals surface area contributed by atoms with Gasteiger partial charge in [0, 0.05) is 17.0 Å². The molecule has 144 valence electrons. The molecular formula is C26H30NP. The van der Waals surface area contributed by atoms with Gasteiger partial charge >= 0.3 is 0 Å². The van der Waals surface area contributed by atoms with Crippen molar-refractivity contribution in [2.75, 3.05) is 5.32 Å². The first-order chi connectivity index (χ1) is 13.9. The van der Waals surface area contributed by atoms with Crippen LogP contribution < -0.4 is 21.2 Å². The maximum atomic E-state index is 4.01. The minimum absolute atomic E-state index is 0.578. The van der Waals surface area contributed by atoms with Crippen molar-refractivity contribution in [1.82, 2.24) is 0 Å². The van der Waals surface area contributed by atoms with E-state index in [2.05, 4.69) is 91.1 Å². The zero-order valence-electron chi connectivity index (χ0n) is 16.8. The molecule has 1 aliphatic carbocycles. The molecule has 1 aliphatic rings. The molecule has 1 nitrogen and oxygen atoms in total. The van der Waals surface area contributed by atoms with Crippen LogP contribution in [0.25, 0.3) is 0 Å². The highest BCUT2D eigenvalue weighted by molar-refractivity contribution is 7.80. The van der Waals surface area contributed by atoms with E-state index in [9.17, 15) is 0 Å². The molecule has 0 bridgehead atoms. The first kappa shape index (κ1) is 19.2. The molecule has 28 heavy (non-hydrogen) atoms. The van der Waals surface area contributed by atoms with Crippen molar-refractivity contribution >= 4 is 29.5 Å². The Morgan fingerprint density at radius 1 is 0.750 bits per heavy atom. The second kappa shape index (κ2) is 9.39. The fraction of sp³-hybridized carbons (Fsp3) is 0.308. The summed E-state index contributed by atoms with van der Waals surface area (Å²) in [5, 5.41) is 8.32. The largest absolute Gasteiger partial charge is 0.382 e. The Morgan fingerprint density at radius 3 is 1.93 bits per heavy atom. The monoisotopic (exact) mass is 387 g/mol. The van der Waals surface area contributed by atoms with Gasteiger partial charge in [-0.15, -0.1) is 0 Å². The summed E-state index contributed by atoms with van der Waals surface area (Å²) in [6.45, 7) is 2.28. The molecule has 0 heterocycles. The predicted octanol–water partition coefficient (Wildman–Crippen LogP) is 5.75. The van der Waals surface area contributed by atoms with E-state index in [1.165, 1.54) is 59.3 Å². The molecule has 1 saturated carbocycles. The summed E-state index contributed by atoms with van der Waals surface area (Å²) in [6, 6.07) is 29.6. The van der Waals surface area contributed by atoms with E-state index in [4.69, 9.17) is 0 Å². The van der Waals surface area contributed by atoms with Crippen LogP contribution in [0, 0.1) is 0 Å². The topological polar surface area (TPSA) is 12.0 Å². The molecule has 2 heteroatoms. The standard InChI is InChI=1S/C26H30NP/c1-2-21-13-12-20-25(26(21)27-22-14-6-3-7-15-22)28(23-16-8-4-9-17-23)24-18-10-5-11-19-24/h4-5,8-13,16-20,22,27H,2-3,6-7,14-15H2,1H3. The van der Waals surface area contributed by atoms with E-state index in [0.717, 1.165) is 6.42 Å². The van der Waals surface area contributed by atoms with Gasteiger partial charge in [-0.2, -0.15) is 0 Å². The number of hydrogen-bond donors (Lipinski definition) is 1. The van der Waals surface area contributed by atoms with E-state index < -0.39 is 7.92 Å².